The number of nitrogens with zero attached hydrogens (tertiary/aromatic N) is 1. The van der Waals surface area contributed by atoms with Gasteiger partial charge in [0.05, 0.1) is 6.04 Å². The number of carbonyl (C=O) groups excluding carboxylic acids is 1. The topological polar surface area (TPSA) is 46.3 Å². The van der Waals surface area contributed by atoms with Crippen LogP contribution < -0.4 is 5.73 Å². The van der Waals surface area contributed by atoms with Gasteiger partial charge < -0.3 is 10.6 Å². The number of carbonyl (C=O) groups is 1. The lowest BCUT2D eigenvalue weighted by Gasteiger charge is -2.24. The number of nitrogens with two attached hydrogens (primary N) is 1. The fraction of sp³-hybridized carbons (Fsp3) is 0.889. The van der Waals surface area contributed by atoms with E-state index >= 15 is 0 Å². The first-order chi connectivity index (χ1) is 5.54. The maximum absolute atomic E-state index is 11.5. The van der Waals surface area contributed by atoms with Crippen molar-refractivity contribution in [3.8, 4) is 0 Å². The third-order valence-electron chi connectivity index (χ3n) is 2.08. The maximum atomic E-state index is 11.5. The van der Waals surface area contributed by atoms with Gasteiger partial charge in [-0.3, -0.25) is 4.79 Å². The van der Waals surface area contributed by atoms with Gasteiger partial charge in [-0.15, -0.1) is 0 Å². The average molecular weight is 172 g/mol. The molecule has 0 aromatic heterocycles. The van der Waals surface area contributed by atoms with Crippen LogP contribution in [-0.4, -0.2) is 29.9 Å². The lowest BCUT2D eigenvalue weighted by molar-refractivity contribution is -0.133. The summed E-state index contributed by atoms with van der Waals surface area (Å²) in [7, 11) is 0. The van der Waals surface area contributed by atoms with Gasteiger partial charge in [-0.1, -0.05) is 13.8 Å². The van der Waals surface area contributed by atoms with Gasteiger partial charge in [-0.25, -0.2) is 0 Å². The largest absolute Gasteiger partial charge is 0.342 e. The van der Waals surface area contributed by atoms with Crippen LogP contribution >= 0.6 is 0 Å². The number of hydrogen-bond acceptors (Lipinski definition) is 2. The van der Waals surface area contributed by atoms with Crippen LogP contribution in [0.3, 0.4) is 0 Å². The molecule has 0 radical (unpaired) electrons. The van der Waals surface area contributed by atoms with E-state index in [2.05, 4.69) is 0 Å². The Labute approximate surface area is 74.9 Å². The molecule has 72 valence electrons. The van der Waals surface area contributed by atoms with Crippen molar-refractivity contribution >= 4 is 5.91 Å². The molecule has 0 aliphatic carbocycles. The van der Waals surface area contributed by atoms with E-state index in [1.165, 1.54) is 0 Å². The number of likely N-dealkylation sites (N-methyl/N-ethyl adjacent to an activating group) is 1. The van der Waals surface area contributed by atoms with Crippen LogP contribution in [0.25, 0.3) is 0 Å². The third-order valence-corrected chi connectivity index (χ3v) is 2.08. The van der Waals surface area contributed by atoms with Crippen molar-refractivity contribution in [2.24, 2.45) is 11.7 Å². The molecule has 3 heteroatoms. The summed E-state index contributed by atoms with van der Waals surface area (Å²) in [6.45, 7) is 9.35. The lowest BCUT2D eigenvalue weighted by Crippen LogP contribution is -2.46. The zero-order valence-electron chi connectivity index (χ0n) is 8.50. The summed E-state index contributed by atoms with van der Waals surface area (Å²) in [5.74, 6) is 0.285. The molecule has 0 spiro atoms. The van der Waals surface area contributed by atoms with Crippen LogP contribution in [0.4, 0.5) is 0 Å². The molecule has 0 aliphatic rings. The van der Waals surface area contributed by atoms with Gasteiger partial charge in [-0.05, 0) is 19.8 Å². The molecule has 0 aliphatic heterocycles. The summed E-state index contributed by atoms with van der Waals surface area (Å²) in [5, 5.41) is 0. The van der Waals surface area contributed by atoms with Gasteiger partial charge in [0, 0.05) is 13.1 Å². The zero-order chi connectivity index (χ0) is 9.72. The van der Waals surface area contributed by atoms with Crippen molar-refractivity contribution in [2.45, 2.75) is 33.7 Å². The Morgan fingerprint density at radius 2 is 1.75 bits per heavy atom. The van der Waals surface area contributed by atoms with Crippen LogP contribution in [-0.2, 0) is 4.79 Å². The highest BCUT2D eigenvalue weighted by Crippen LogP contribution is 2.02. The van der Waals surface area contributed by atoms with E-state index in [-0.39, 0.29) is 17.9 Å². The van der Waals surface area contributed by atoms with E-state index in [0.717, 1.165) is 13.1 Å². The SMILES string of the molecule is CCN(CC)C(=O)[C@@H](N)C(C)C. The molecular formula is C9H20N2O. The van der Waals surface area contributed by atoms with E-state index < -0.39 is 0 Å². The summed E-state index contributed by atoms with van der Waals surface area (Å²) in [4.78, 5) is 13.3. The second-order valence-corrected chi connectivity index (χ2v) is 3.28. The van der Waals surface area contributed by atoms with Crippen LogP contribution in [0.2, 0.25) is 0 Å². The Morgan fingerprint density at radius 3 is 2.00 bits per heavy atom. The van der Waals surface area contributed by atoms with Crippen molar-refractivity contribution in [2.75, 3.05) is 13.1 Å². The first-order valence-corrected chi connectivity index (χ1v) is 4.58. The quantitative estimate of drug-likeness (QED) is 0.683. The molecule has 3 nitrogen and oxygen atoms in total. The molecule has 1 amide bonds. The monoisotopic (exact) mass is 172 g/mol. The minimum Gasteiger partial charge on any atom is -0.342 e. The minimum atomic E-state index is -0.343. The molecule has 12 heavy (non-hydrogen) atoms. The van der Waals surface area contributed by atoms with Crippen LogP contribution in [0.1, 0.15) is 27.7 Å². The second kappa shape index (κ2) is 5.14. The van der Waals surface area contributed by atoms with Gasteiger partial charge >= 0.3 is 0 Å². The van der Waals surface area contributed by atoms with Gasteiger partial charge in [0.15, 0.2) is 0 Å². The Morgan fingerprint density at radius 1 is 1.33 bits per heavy atom. The van der Waals surface area contributed by atoms with Crippen molar-refractivity contribution in [1.29, 1.82) is 0 Å². The fourth-order valence-electron chi connectivity index (χ4n) is 1.03. The van der Waals surface area contributed by atoms with Gasteiger partial charge in [-0.2, -0.15) is 0 Å². The summed E-state index contributed by atoms with van der Waals surface area (Å²) in [6, 6.07) is -0.343. The predicted octanol–water partition coefficient (Wildman–Crippen LogP) is 0.838. The highest BCUT2D eigenvalue weighted by atomic mass is 16.2. The van der Waals surface area contributed by atoms with Crippen molar-refractivity contribution < 1.29 is 4.79 Å². The molecule has 0 saturated carbocycles. The molecule has 0 heterocycles. The van der Waals surface area contributed by atoms with Gasteiger partial charge in [0.25, 0.3) is 0 Å². The van der Waals surface area contributed by atoms with Crippen LogP contribution in [0.5, 0.6) is 0 Å². The van der Waals surface area contributed by atoms with Crippen molar-refractivity contribution in [3.63, 3.8) is 0 Å². The number of rotatable bonds is 4. The summed E-state index contributed by atoms with van der Waals surface area (Å²) < 4.78 is 0. The summed E-state index contributed by atoms with van der Waals surface area (Å²) in [6.07, 6.45) is 0. The fourth-order valence-corrected chi connectivity index (χ4v) is 1.03. The molecule has 0 rings (SSSR count). The Hall–Kier alpha value is -0.570. The normalized spacial score (nSPS) is 13.2. The molecule has 0 saturated heterocycles. The molecule has 0 unspecified atom stereocenters. The van der Waals surface area contributed by atoms with Crippen molar-refractivity contribution in [1.82, 2.24) is 4.90 Å². The Bertz CT molecular complexity index is 137. The molecule has 0 bridgehead atoms. The molecule has 1 atom stereocenters. The van der Waals surface area contributed by atoms with E-state index in [0.29, 0.717) is 0 Å². The molecule has 0 aromatic carbocycles. The van der Waals surface area contributed by atoms with E-state index in [1.807, 2.05) is 27.7 Å². The van der Waals surface area contributed by atoms with E-state index in [9.17, 15) is 4.79 Å². The Kier molecular flexibility index (Phi) is 4.90. The van der Waals surface area contributed by atoms with E-state index in [1.54, 1.807) is 4.90 Å². The third kappa shape index (κ3) is 2.81. The zero-order valence-corrected chi connectivity index (χ0v) is 8.50. The smallest absolute Gasteiger partial charge is 0.239 e. The highest BCUT2D eigenvalue weighted by molar-refractivity contribution is 5.81. The molecule has 0 fully saturated rings. The van der Waals surface area contributed by atoms with Crippen molar-refractivity contribution in [3.05, 3.63) is 0 Å². The summed E-state index contributed by atoms with van der Waals surface area (Å²) >= 11 is 0. The highest BCUT2D eigenvalue weighted by Gasteiger charge is 2.20. The average Bonchev–Trinajstić information content (AvgIpc) is 2.05. The maximum Gasteiger partial charge on any atom is 0.239 e. The predicted molar refractivity (Wildman–Crippen MR) is 50.7 cm³/mol. The first kappa shape index (κ1) is 11.4. The Balaban J connectivity index is 4.16. The van der Waals surface area contributed by atoms with Gasteiger partial charge in [0.2, 0.25) is 5.91 Å². The standard InChI is InChI=1S/C9H20N2O/c1-5-11(6-2)9(12)8(10)7(3)4/h7-8H,5-6,10H2,1-4H3/t8-/m0/s1. The minimum absolute atomic E-state index is 0.0648. The van der Waals surface area contributed by atoms with Crippen LogP contribution in [0.15, 0.2) is 0 Å². The molecule has 0 aromatic rings. The molecule has 2 N–H and O–H groups in total. The van der Waals surface area contributed by atoms with Crippen LogP contribution in [0, 0.1) is 5.92 Å². The number of amides is 1. The lowest BCUT2D eigenvalue weighted by atomic mass is 10.0. The molecular weight excluding hydrogens is 152 g/mol. The van der Waals surface area contributed by atoms with Gasteiger partial charge in [0.1, 0.15) is 0 Å². The summed E-state index contributed by atoms with van der Waals surface area (Å²) in [5.41, 5.74) is 5.72. The first-order valence-electron chi connectivity index (χ1n) is 4.58. The number of hydrogen-bond donors (Lipinski definition) is 1. The van der Waals surface area contributed by atoms with E-state index in [4.69, 9.17) is 5.73 Å². The second-order valence-electron chi connectivity index (χ2n) is 3.28.